The Kier molecular flexibility index (Phi) is 6.21. The normalized spacial score (nSPS) is 14.7. The van der Waals surface area contributed by atoms with Crippen molar-refractivity contribution in [3.63, 3.8) is 0 Å². The van der Waals surface area contributed by atoms with Gasteiger partial charge in [0.1, 0.15) is 0 Å². The number of rotatable bonds is 4. The van der Waals surface area contributed by atoms with Crippen molar-refractivity contribution < 1.29 is 0 Å². The van der Waals surface area contributed by atoms with E-state index in [0.717, 1.165) is 0 Å². The van der Waals surface area contributed by atoms with E-state index >= 15 is 0 Å². The quantitative estimate of drug-likeness (QED) is 0.182. The van der Waals surface area contributed by atoms with Crippen LogP contribution in [-0.4, -0.2) is 0 Å². The zero-order chi connectivity index (χ0) is 33.8. The number of hydrogen-bond acceptors (Lipinski definition) is 2. The molecule has 1 aromatic heterocycles. The molecule has 50 heavy (non-hydrogen) atoms. The standard InChI is InChI=1S/C48H37NS/c1-47(2)41-18-10-6-15-35(41)38-28-31(23-25-42(38)47)49(32-22-24-36-34-14-5-9-17-40(34)48(3,4)43(36)29-32)44-19-11-7-13-33(44)30-21-26-46-39(27-30)37-16-8-12-20-45(37)50-46/h5-29H,1-4H3. The molecule has 0 atom stereocenters. The average Bonchev–Trinajstić information content (AvgIpc) is 3.71. The van der Waals surface area contributed by atoms with Crippen LogP contribution in [0.4, 0.5) is 17.1 Å². The van der Waals surface area contributed by atoms with Crippen molar-refractivity contribution in [1.29, 1.82) is 0 Å². The third-order valence-electron chi connectivity index (χ3n) is 11.5. The molecule has 0 saturated heterocycles. The number of fused-ring (bicyclic) bond motifs is 9. The van der Waals surface area contributed by atoms with Crippen LogP contribution < -0.4 is 4.90 Å². The SMILES string of the molecule is CC1(C)c2ccccc2-c2cc(N(c3ccc4c(c3)C(C)(C)c3ccccc3-4)c3ccccc3-c3ccc4sc5ccccc5c4c3)ccc21. The molecule has 1 heterocycles. The van der Waals surface area contributed by atoms with Gasteiger partial charge in [-0.2, -0.15) is 0 Å². The van der Waals surface area contributed by atoms with Gasteiger partial charge in [0.25, 0.3) is 0 Å². The van der Waals surface area contributed by atoms with Gasteiger partial charge in [-0.3, -0.25) is 0 Å². The van der Waals surface area contributed by atoms with E-state index in [4.69, 9.17) is 0 Å². The average molecular weight is 660 g/mol. The van der Waals surface area contributed by atoms with Crippen LogP contribution in [-0.2, 0) is 10.8 Å². The molecule has 0 fully saturated rings. The smallest absolute Gasteiger partial charge is 0.0540 e. The van der Waals surface area contributed by atoms with Gasteiger partial charge < -0.3 is 4.90 Å². The van der Waals surface area contributed by atoms with Crippen LogP contribution in [0.5, 0.6) is 0 Å². The zero-order valence-corrected chi connectivity index (χ0v) is 29.6. The molecule has 2 aliphatic rings. The molecular weight excluding hydrogens is 623 g/mol. The van der Waals surface area contributed by atoms with Crippen LogP contribution >= 0.6 is 11.3 Å². The summed E-state index contributed by atoms with van der Waals surface area (Å²) in [5, 5.41) is 2.64. The highest BCUT2D eigenvalue weighted by atomic mass is 32.1. The molecule has 2 heteroatoms. The van der Waals surface area contributed by atoms with Crippen LogP contribution in [0.3, 0.4) is 0 Å². The van der Waals surface area contributed by atoms with E-state index in [1.165, 1.54) is 92.9 Å². The minimum absolute atomic E-state index is 0.0463. The maximum atomic E-state index is 2.50. The fourth-order valence-corrected chi connectivity index (χ4v) is 10.00. The molecule has 240 valence electrons. The second-order valence-electron chi connectivity index (χ2n) is 15.0. The van der Waals surface area contributed by atoms with E-state index < -0.39 is 0 Å². The van der Waals surface area contributed by atoms with E-state index in [0.29, 0.717) is 0 Å². The topological polar surface area (TPSA) is 3.24 Å². The third kappa shape index (κ3) is 4.12. The second kappa shape index (κ2) is 10.5. The molecule has 8 aromatic rings. The molecule has 0 aliphatic heterocycles. The molecule has 0 unspecified atom stereocenters. The second-order valence-corrected chi connectivity index (χ2v) is 16.0. The zero-order valence-electron chi connectivity index (χ0n) is 28.8. The highest BCUT2D eigenvalue weighted by Crippen LogP contribution is 2.54. The predicted octanol–water partition coefficient (Wildman–Crippen LogP) is 13.8. The molecule has 1 nitrogen and oxygen atoms in total. The molecule has 0 saturated carbocycles. The lowest BCUT2D eigenvalue weighted by atomic mass is 9.82. The summed E-state index contributed by atoms with van der Waals surface area (Å²) in [5.74, 6) is 0. The number of benzene rings is 7. The Morgan fingerprint density at radius 1 is 0.400 bits per heavy atom. The van der Waals surface area contributed by atoms with Crippen molar-refractivity contribution in [2.45, 2.75) is 38.5 Å². The van der Waals surface area contributed by atoms with Gasteiger partial charge >= 0.3 is 0 Å². The summed E-state index contributed by atoms with van der Waals surface area (Å²) in [6.45, 7) is 9.45. The first-order valence-electron chi connectivity index (χ1n) is 17.6. The van der Waals surface area contributed by atoms with E-state index in [1.807, 2.05) is 11.3 Å². The van der Waals surface area contributed by atoms with E-state index in [-0.39, 0.29) is 10.8 Å². The Hall–Kier alpha value is -5.44. The van der Waals surface area contributed by atoms with Crippen LogP contribution in [0.1, 0.15) is 49.9 Å². The van der Waals surface area contributed by atoms with Gasteiger partial charge in [0.2, 0.25) is 0 Å². The monoisotopic (exact) mass is 659 g/mol. The van der Waals surface area contributed by atoms with Crippen LogP contribution in [0.25, 0.3) is 53.6 Å². The van der Waals surface area contributed by atoms with Gasteiger partial charge in [0.05, 0.1) is 5.69 Å². The number of anilines is 3. The highest BCUT2D eigenvalue weighted by molar-refractivity contribution is 7.25. The molecule has 10 rings (SSSR count). The van der Waals surface area contributed by atoms with E-state index in [1.54, 1.807) is 0 Å². The molecule has 2 aliphatic carbocycles. The Balaban J connectivity index is 1.21. The summed E-state index contributed by atoms with van der Waals surface area (Å²) in [5.41, 5.74) is 16.7. The summed E-state index contributed by atoms with van der Waals surface area (Å²) in [6.07, 6.45) is 0. The van der Waals surface area contributed by atoms with Gasteiger partial charge in [-0.1, -0.05) is 131 Å². The molecule has 0 bridgehead atoms. The fourth-order valence-electron chi connectivity index (χ4n) is 8.91. The summed E-state index contributed by atoms with van der Waals surface area (Å²) >= 11 is 1.87. The first-order chi connectivity index (χ1) is 24.3. The third-order valence-corrected chi connectivity index (χ3v) is 12.6. The predicted molar refractivity (Wildman–Crippen MR) is 215 cm³/mol. The van der Waals surface area contributed by atoms with Crippen molar-refractivity contribution in [1.82, 2.24) is 0 Å². The van der Waals surface area contributed by atoms with Crippen LogP contribution in [0, 0.1) is 0 Å². The Morgan fingerprint density at radius 3 is 1.76 bits per heavy atom. The van der Waals surface area contributed by atoms with E-state index in [2.05, 4.69) is 184 Å². The summed E-state index contributed by atoms with van der Waals surface area (Å²) in [6, 6.07) is 56.9. The lowest BCUT2D eigenvalue weighted by Crippen LogP contribution is -2.17. The van der Waals surface area contributed by atoms with Crippen molar-refractivity contribution in [2.75, 3.05) is 4.90 Å². The summed E-state index contributed by atoms with van der Waals surface area (Å²) in [7, 11) is 0. The molecule has 0 radical (unpaired) electrons. The molecule has 7 aromatic carbocycles. The molecule has 0 amide bonds. The minimum Gasteiger partial charge on any atom is -0.310 e. The Labute approximate surface area is 298 Å². The van der Waals surface area contributed by atoms with Gasteiger partial charge in [0, 0.05) is 47.9 Å². The number of nitrogens with zero attached hydrogens (tertiary/aromatic N) is 1. The number of hydrogen-bond donors (Lipinski definition) is 0. The minimum atomic E-state index is -0.0981. The van der Waals surface area contributed by atoms with Gasteiger partial charge in [-0.05, 0) is 98.6 Å². The number of para-hydroxylation sites is 1. The molecule has 0 spiro atoms. The lowest BCUT2D eigenvalue weighted by Gasteiger charge is -2.30. The van der Waals surface area contributed by atoms with E-state index in [9.17, 15) is 0 Å². The summed E-state index contributed by atoms with van der Waals surface area (Å²) in [4.78, 5) is 2.50. The van der Waals surface area contributed by atoms with Crippen LogP contribution in [0.2, 0.25) is 0 Å². The van der Waals surface area contributed by atoms with Gasteiger partial charge in [-0.15, -0.1) is 11.3 Å². The Morgan fingerprint density at radius 2 is 0.960 bits per heavy atom. The van der Waals surface area contributed by atoms with Gasteiger partial charge in [-0.25, -0.2) is 0 Å². The molecular formula is C48H37NS. The Bertz CT molecular complexity index is 2670. The molecule has 0 N–H and O–H groups in total. The largest absolute Gasteiger partial charge is 0.310 e. The van der Waals surface area contributed by atoms with Gasteiger partial charge in [0.15, 0.2) is 0 Å². The first kappa shape index (κ1) is 29.5. The lowest BCUT2D eigenvalue weighted by molar-refractivity contribution is 0.660. The van der Waals surface area contributed by atoms with Crippen LogP contribution in [0.15, 0.2) is 152 Å². The fraction of sp³-hybridized carbons (Fsp3) is 0.125. The van der Waals surface area contributed by atoms with Crippen molar-refractivity contribution in [3.05, 3.63) is 174 Å². The number of thiophene rings is 1. The highest BCUT2D eigenvalue weighted by Gasteiger charge is 2.37. The summed E-state index contributed by atoms with van der Waals surface area (Å²) < 4.78 is 2.65. The van der Waals surface area contributed by atoms with Crippen molar-refractivity contribution in [3.8, 4) is 33.4 Å². The maximum Gasteiger partial charge on any atom is 0.0540 e. The van der Waals surface area contributed by atoms with Crippen molar-refractivity contribution in [2.24, 2.45) is 0 Å². The maximum absolute atomic E-state index is 2.50. The first-order valence-corrected chi connectivity index (χ1v) is 18.4. The van der Waals surface area contributed by atoms with Crippen molar-refractivity contribution >= 4 is 48.6 Å².